The number of ether oxygens (including phenoxy) is 2. The number of nitrogens with zero attached hydrogens (tertiary/aromatic N) is 1. The van der Waals surface area contributed by atoms with E-state index in [4.69, 9.17) is 9.47 Å². The molecular formula is C19H29N3O3. The van der Waals surface area contributed by atoms with E-state index >= 15 is 0 Å². The van der Waals surface area contributed by atoms with Crippen molar-refractivity contribution in [3.63, 3.8) is 0 Å². The van der Waals surface area contributed by atoms with Crippen LogP contribution in [0.5, 0.6) is 5.75 Å². The summed E-state index contributed by atoms with van der Waals surface area (Å²) in [7, 11) is 1.78. The molecule has 3 rings (SSSR count). The monoisotopic (exact) mass is 347 g/mol. The number of fused-ring (bicyclic) bond motifs is 1. The summed E-state index contributed by atoms with van der Waals surface area (Å²) in [4.78, 5) is 4.30. The second-order valence-corrected chi connectivity index (χ2v) is 6.92. The van der Waals surface area contributed by atoms with E-state index in [1.54, 1.807) is 7.05 Å². The Labute approximate surface area is 149 Å². The minimum atomic E-state index is 0.0202. The van der Waals surface area contributed by atoms with E-state index in [1.807, 2.05) is 0 Å². The standard InChI is InChI=1S/C19H29N3O3/c1-20-18(22-13-19(6-9-23)7-11-24-14-19)21-8-4-15-2-3-17-16(12-15)5-10-25-17/h2-3,12,23H,4-11,13-14H2,1H3,(H2,20,21,22). The third kappa shape index (κ3) is 4.64. The Morgan fingerprint density at radius 1 is 1.32 bits per heavy atom. The summed E-state index contributed by atoms with van der Waals surface area (Å²) in [5.74, 6) is 1.83. The molecule has 2 aliphatic heterocycles. The maximum absolute atomic E-state index is 9.31. The van der Waals surface area contributed by atoms with Crippen LogP contribution in [0.1, 0.15) is 24.0 Å². The van der Waals surface area contributed by atoms with Crippen molar-refractivity contribution in [3.8, 4) is 5.75 Å². The number of aliphatic hydroxyl groups excluding tert-OH is 1. The molecule has 2 heterocycles. The van der Waals surface area contributed by atoms with Crippen LogP contribution in [0, 0.1) is 5.41 Å². The van der Waals surface area contributed by atoms with Gasteiger partial charge in [-0.25, -0.2) is 0 Å². The average molecular weight is 347 g/mol. The van der Waals surface area contributed by atoms with Gasteiger partial charge in [-0.15, -0.1) is 0 Å². The van der Waals surface area contributed by atoms with E-state index in [0.29, 0.717) is 6.61 Å². The molecule has 6 nitrogen and oxygen atoms in total. The van der Waals surface area contributed by atoms with Gasteiger partial charge in [0.25, 0.3) is 0 Å². The van der Waals surface area contributed by atoms with Crippen molar-refractivity contribution in [2.45, 2.75) is 25.7 Å². The fourth-order valence-corrected chi connectivity index (χ4v) is 3.52. The number of benzene rings is 1. The molecule has 1 aromatic rings. The van der Waals surface area contributed by atoms with E-state index in [0.717, 1.165) is 63.7 Å². The Morgan fingerprint density at radius 2 is 2.24 bits per heavy atom. The number of rotatable bonds is 7. The van der Waals surface area contributed by atoms with Crippen LogP contribution in [0.25, 0.3) is 0 Å². The molecule has 0 aliphatic carbocycles. The highest BCUT2D eigenvalue weighted by molar-refractivity contribution is 5.79. The molecule has 25 heavy (non-hydrogen) atoms. The van der Waals surface area contributed by atoms with Gasteiger partial charge in [0, 0.05) is 45.2 Å². The van der Waals surface area contributed by atoms with E-state index in [9.17, 15) is 5.11 Å². The van der Waals surface area contributed by atoms with E-state index in [1.165, 1.54) is 11.1 Å². The van der Waals surface area contributed by atoms with Gasteiger partial charge >= 0.3 is 0 Å². The Bertz CT molecular complexity index is 598. The minimum absolute atomic E-state index is 0.0202. The van der Waals surface area contributed by atoms with Gasteiger partial charge in [-0.2, -0.15) is 0 Å². The summed E-state index contributed by atoms with van der Waals surface area (Å²) in [6, 6.07) is 6.45. The fourth-order valence-electron chi connectivity index (χ4n) is 3.52. The summed E-state index contributed by atoms with van der Waals surface area (Å²) in [6.45, 7) is 4.06. The summed E-state index contributed by atoms with van der Waals surface area (Å²) < 4.78 is 11.1. The molecule has 0 spiro atoms. The minimum Gasteiger partial charge on any atom is -0.493 e. The number of nitrogens with one attached hydrogen (secondary N) is 2. The second-order valence-electron chi connectivity index (χ2n) is 6.92. The molecule has 1 unspecified atom stereocenters. The largest absolute Gasteiger partial charge is 0.493 e. The number of aliphatic hydroxyl groups is 1. The van der Waals surface area contributed by atoms with Crippen molar-refractivity contribution in [2.75, 3.05) is 46.6 Å². The summed E-state index contributed by atoms with van der Waals surface area (Å²) in [5.41, 5.74) is 2.65. The Hall–Kier alpha value is -1.79. The van der Waals surface area contributed by atoms with Crippen molar-refractivity contribution < 1.29 is 14.6 Å². The van der Waals surface area contributed by atoms with Gasteiger partial charge in [-0.1, -0.05) is 12.1 Å². The SMILES string of the molecule is CN=C(NCCc1ccc2c(c1)CCO2)NCC1(CCO)CCOC1. The molecule has 0 aromatic heterocycles. The first kappa shape index (κ1) is 18.0. The van der Waals surface area contributed by atoms with E-state index < -0.39 is 0 Å². The lowest BCUT2D eigenvalue weighted by Gasteiger charge is -2.27. The third-order valence-corrected chi connectivity index (χ3v) is 5.14. The topological polar surface area (TPSA) is 75.1 Å². The molecule has 0 saturated carbocycles. The van der Waals surface area contributed by atoms with Gasteiger partial charge in [0.1, 0.15) is 5.75 Å². The first-order chi connectivity index (χ1) is 12.2. The Kier molecular flexibility index (Phi) is 6.15. The van der Waals surface area contributed by atoms with Crippen LogP contribution in [0.2, 0.25) is 0 Å². The molecule has 1 fully saturated rings. The van der Waals surface area contributed by atoms with Gasteiger partial charge in [0.05, 0.1) is 13.2 Å². The molecular weight excluding hydrogens is 318 g/mol. The number of hydrogen-bond donors (Lipinski definition) is 3. The van der Waals surface area contributed by atoms with Crippen LogP contribution >= 0.6 is 0 Å². The zero-order valence-electron chi connectivity index (χ0n) is 15.0. The second kappa shape index (κ2) is 8.54. The van der Waals surface area contributed by atoms with E-state index in [2.05, 4.69) is 33.8 Å². The van der Waals surface area contributed by atoms with Gasteiger partial charge in [-0.3, -0.25) is 4.99 Å². The average Bonchev–Trinajstić information content (AvgIpc) is 3.27. The van der Waals surface area contributed by atoms with Crippen LogP contribution in [0.15, 0.2) is 23.2 Å². The van der Waals surface area contributed by atoms with Crippen molar-refractivity contribution in [3.05, 3.63) is 29.3 Å². The fraction of sp³-hybridized carbons (Fsp3) is 0.632. The summed E-state index contributed by atoms with van der Waals surface area (Å²) in [5, 5.41) is 16.1. The van der Waals surface area contributed by atoms with Gasteiger partial charge in [0.15, 0.2) is 5.96 Å². The maximum Gasteiger partial charge on any atom is 0.191 e. The highest BCUT2D eigenvalue weighted by Crippen LogP contribution is 2.31. The lowest BCUT2D eigenvalue weighted by Crippen LogP contribution is -2.45. The summed E-state index contributed by atoms with van der Waals surface area (Å²) >= 11 is 0. The molecule has 1 saturated heterocycles. The molecule has 0 radical (unpaired) electrons. The van der Waals surface area contributed by atoms with Crippen molar-refractivity contribution in [1.82, 2.24) is 10.6 Å². The van der Waals surface area contributed by atoms with Crippen molar-refractivity contribution in [2.24, 2.45) is 10.4 Å². The number of guanidine groups is 1. The summed E-state index contributed by atoms with van der Waals surface area (Å²) in [6.07, 6.45) is 3.69. The zero-order valence-corrected chi connectivity index (χ0v) is 15.0. The first-order valence-electron chi connectivity index (χ1n) is 9.12. The van der Waals surface area contributed by atoms with Crippen LogP contribution in [0.4, 0.5) is 0 Å². The van der Waals surface area contributed by atoms with Gasteiger partial charge in [-0.05, 0) is 36.5 Å². The maximum atomic E-state index is 9.31. The Balaban J connectivity index is 1.45. The van der Waals surface area contributed by atoms with Crippen molar-refractivity contribution in [1.29, 1.82) is 0 Å². The van der Waals surface area contributed by atoms with Crippen LogP contribution in [-0.4, -0.2) is 57.6 Å². The molecule has 3 N–H and O–H groups in total. The molecule has 1 atom stereocenters. The third-order valence-electron chi connectivity index (χ3n) is 5.14. The highest BCUT2D eigenvalue weighted by Gasteiger charge is 2.34. The molecule has 1 aromatic carbocycles. The lowest BCUT2D eigenvalue weighted by molar-refractivity contribution is 0.127. The quantitative estimate of drug-likeness (QED) is 0.509. The molecule has 6 heteroatoms. The predicted octanol–water partition coefficient (Wildman–Crippen LogP) is 1.12. The van der Waals surface area contributed by atoms with Gasteiger partial charge < -0.3 is 25.2 Å². The normalized spacial score (nSPS) is 22.6. The van der Waals surface area contributed by atoms with E-state index in [-0.39, 0.29) is 12.0 Å². The van der Waals surface area contributed by atoms with Crippen LogP contribution in [0.3, 0.4) is 0 Å². The molecule has 138 valence electrons. The Morgan fingerprint density at radius 3 is 3.00 bits per heavy atom. The van der Waals surface area contributed by atoms with Crippen LogP contribution < -0.4 is 15.4 Å². The number of hydrogen-bond acceptors (Lipinski definition) is 4. The highest BCUT2D eigenvalue weighted by atomic mass is 16.5. The van der Waals surface area contributed by atoms with Gasteiger partial charge in [0.2, 0.25) is 0 Å². The lowest BCUT2D eigenvalue weighted by atomic mass is 9.84. The van der Waals surface area contributed by atoms with Crippen LogP contribution in [-0.2, 0) is 17.6 Å². The smallest absolute Gasteiger partial charge is 0.191 e. The molecule has 0 amide bonds. The predicted molar refractivity (Wildman–Crippen MR) is 98.3 cm³/mol. The van der Waals surface area contributed by atoms with Crippen molar-refractivity contribution >= 4 is 5.96 Å². The molecule has 2 aliphatic rings. The number of aliphatic imine (C=N–C) groups is 1. The molecule has 0 bridgehead atoms. The first-order valence-corrected chi connectivity index (χ1v) is 9.12. The zero-order chi connectivity index (χ0) is 17.5.